The van der Waals surface area contributed by atoms with Crippen molar-refractivity contribution >= 4 is 17.8 Å². The standard InChI is InChI=1S/C21H37NO6/c1-7-27-13-15(8-14(2)3)9-18(23)16-10-17(19(24)25)12-22(11-16)20(26)28-21(4,5)6/h14-17H,7-13H2,1-6H3,(H,24,25)/t15-,16-,17+/m0/s1. The Kier molecular flexibility index (Phi) is 9.40. The number of aliphatic carboxylic acids is 1. The molecule has 1 aliphatic heterocycles. The van der Waals surface area contributed by atoms with Gasteiger partial charge in [-0.3, -0.25) is 9.59 Å². The van der Waals surface area contributed by atoms with Crippen molar-refractivity contribution in [2.45, 2.75) is 66.4 Å². The van der Waals surface area contributed by atoms with Crippen LogP contribution in [0, 0.1) is 23.7 Å². The molecule has 3 atom stereocenters. The van der Waals surface area contributed by atoms with Crippen LogP contribution in [-0.2, 0) is 19.1 Å². The molecule has 0 spiro atoms. The maximum absolute atomic E-state index is 12.9. The number of piperidine rings is 1. The van der Waals surface area contributed by atoms with Gasteiger partial charge in [0.05, 0.1) is 5.92 Å². The van der Waals surface area contributed by atoms with Crippen molar-refractivity contribution < 1.29 is 29.0 Å². The highest BCUT2D eigenvalue weighted by atomic mass is 16.6. The zero-order chi connectivity index (χ0) is 21.5. The van der Waals surface area contributed by atoms with Crippen molar-refractivity contribution in [2.75, 3.05) is 26.3 Å². The number of nitrogens with zero attached hydrogens (tertiary/aromatic N) is 1. The van der Waals surface area contributed by atoms with Crippen LogP contribution in [0.4, 0.5) is 4.79 Å². The number of ether oxygens (including phenoxy) is 2. The number of carbonyl (C=O) groups excluding carboxylic acids is 2. The highest BCUT2D eigenvalue weighted by molar-refractivity contribution is 5.84. The number of carboxylic acids is 1. The van der Waals surface area contributed by atoms with Gasteiger partial charge in [-0.2, -0.15) is 0 Å². The fourth-order valence-corrected chi connectivity index (χ4v) is 3.60. The zero-order valence-electron chi connectivity index (χ0n) is 18.2. The normalized spacial score (nSPS) is 21.5. The van der Waals surface area contributed by atoms with E-state index in [0.29, 0.717) is 25.6 Å². The van der Waals surface area contributed by atoms with Crippen molar-refractivity contribution in [3.8, 4) is 0 Å². The lowest BCUT2D eigenvalue weighted by atomic mass is 9.82. The largest absolute Gasteiger partial charge is 0.481 e. The second-order valence-corrected chi connectivity index (χ2v) is 9.18. The maximum Gasteiger partial charge on any atom is 0.410 e. The van der Waals surface area contributed by atoms with E-state index in [1.54, 1.807) is 20.8 Å². The predicted molar refractivity (Wildman–Crippen MR) is 106 cm³/mol. The third-order valence-corrected chi connectivity index (χ3v) is 4.76. The lowest BCUT2D eigenvalue weighted by Crippen LogP contribution is -2.49. The van der Waals surface area contributed by atoms with E-state index < -0.39 is 29.5 Å². The van der Waals surface area contributed by atoms with Crippen LogP contribution in [0.2, 0.25) is 0 Å². The van der Waals surface area contributed by atoms with Crippen molar-refractivity contribution in [3.63, 3.8) is 0 Å². The predicted octanol–water partition coefficient (Wildman–Crippen LogP) is 3.60. The molecule has 1 rings (SSSR count). The number of likely N-dealkylation sites (tertiary alicyclic amines) is 1. The molecule has 1 saturated heterocycles. The van der Waals surface area contributed by atoms with E-state index in [4.69, 9.17) is 9.47 Å². The fraction of sp³-hybridized carbons (Fsp3) is 0.857. The van der Waals surface area contributed by atoms with Gasteiger partial charge in [0.25, 0.3) is 0 Å². The smallest absolute Gasteiger partial charge is 0.410 e. The molecule has 1 fully saturated rings. The van der Waals surface area contributed by atoms with Crippen LogP contribution in [-0.4, -0.2) is 59.8 Å². The summed E-state index contributed by atoms with van der Waals surface area (Å²) in [5, 5.41) is 9.48. The molecule has 162 valence electrons. The van der Waals surface area contributed by atoms with Gasteiger partial charge in [0.15, 0.2) is 0 Å². The molecule has 0 aromatic heterocycles. The van der Waals surface area contributed by atoms with Crippen molar-refractivity contribution in [3.05, 3.63) is 0 Å². The second kappa shape index (κ2) is 10.8. The summed E-state index contributed by atoms with van der Waals surface area (Å²) in [6.45, 7) is 12.8. The molecule has 28 heavy (non-hydrogen) atoms. The van der Waals surface area contributed by atoms with Gasteiger partial charge in [0.1, 0.15) is 11.4 Å². The van der Waals surface area contributed by atoms with Gasteiger partial charge in [0.2, 0.25) is 0 Å². The minimum atomic E-state index is -0.987. The van der Waals surface area contributed by atoms with E-state index >= 15 is 0 Å². The fourth-order valence-electron chi connectivity index (χ4n) is 3.60. The first-order valence-electron chi connectivity index (χ1n) is 10.2. The van der Waals surface area contributed by atoms with Crippen LogP contribution in [0.3, 0.4) is 0 Å². The second-order valence-electron chi connectivity index (χ2n) is 9.18. The van der Waals surface area contributed by atoms with Crippen LogP contribution in [0.25, 0.3) is 0 Å². The molecule has 0 saturated carbocycles. The van der Waals surface area contributed by atoms with Crippen molar-refractivity contribution in [2.24, 2.45) is 23.7 Å². The average molecular weight is 400 g/mol. The first kappa shape index (κ1) is 24.4. The van der Waals surface area contributed by atoms with Crippen LogP contribution in [0.1, 0.15) is 60.8 Å². The summed E-state index contributed by atoms with van der Waals surface area (Å²) in [4.78, 5) is 38.3. The first-order valence-corrected chi connectivity index (χ1v) is 10.2. The molecule has 0 aromatic rings. The molecule has 1 amide bonds. The van der Waals surface area contributed by atoms with Crippen LogP contribution >= 0.6 is 0 Å². The Morgan fingerprint density at radius 3 is 2.25 bits per heavy atom. The van der Waals surface area contributed by atoms with E-state index in [2.05, 4.69) is 13.8 Å². The number of hydrogen-bond acceptors (Lipinski definition) is 5. The monoisotopic (exact) mass is 399 g/mol. The Morgan fingerprint density at radius 2 is 1.75 bits per heavy atom. The zero-order valence-corrected chi connectivity index (χ0v) is 18.2. The van der Waals surface area contributed by atoms with E-state index in [9.17, 15) is 19.5 Å². The van der Waals surface area contributed by atoms with Crippen molar-refractivity contribution in [1.29, 1.82) is 0 Å². The van der Waals surface area contributed by atoms with Gasteiger partial charge in [-0.05, 0) is 52.4 Å². The molecule has 1 aliphatic rings. The van der Waals surface area contributed by atoms with Crippen LogP contribution < -0.4 is 0 Å². The van der Waals surface area contributed by atoms with Gasteiger partial charge < -0.3 is 19.5 Å². The summed E-state index contributed by atoms with van der Waals surface area (Å²) in [7, 11) is 0. The van der Waals surface area contributed by atoms with E-state index in [0.717, 1.165) is 6.42 Å². The molecule has 0 radical (unpaired) electrons. The summed E-state index contributed by atoms with van der Waals surface area (Å²) in [5.74, 6) is -1.68. The van der Waals surface area contributed by atoms with Crippen LogP contribution in [0.15, 0.2) is 0 Å². The Balaban J connectivity index is 2.85. The first-order chi connectivity index (χ1) is 12.9. The lowest BCUT2D eigenvalue weighted by molar-refractivity contribution is -0.145. The number of hydrogen-bond donors (Lipinski definition) is 1. The molecule has 0 aliphatic carbocycles. The van der Waals surface area contributed by atoms with Crippen molar-refractivity contribution in [1.82, 2.24) is 4.90 Å². The average Bonchev–Trinajstić information content (AvgIpc) is 2.57. The Labute approximate surface area is 168 Å². The molecule has 7 heteroatoms. The quantitative estimate of drug-likeness (QED) is 0.637. The minimum absolute atomic E-state index is 0.00450. The lowest BCUT2D eigenvalue weighted by Gasteiger charge is -2.36. The molecule has 0 aromatic carbocycles. The van der Waals surface area contributed by atoms with Crippen LogP contribution in [0.5, 0.6) is 0 Å². The molecule has 1 N–H and O–H groups in total. The Morgan fingerprint density at radius 1 is 1.14 bits per heavy atom. The minimum Gasteiger partial charge on any atom is -0.481 e. The summed E-state index contributed by atoms with van der Waals surface area (Å²) in [6.07, 6.45) is 0.911. The third-order valence-electron chi connectivity index (χ3n) is 4.76. The molecular weight excluding hydrogens is 362 g/mol. The topological polar surface area (TPSA) is 93.1 Å². The van der Waals surface area contributed by atoms with Gasteiger partial charge in [-0.15, -0.1) is 0 Å². The number of rotatable bonds is 9. The van der Waals surface area contributed by atoms with E-state index in [1.807, 2.05) is 6.92 Å². The molecule has 7 nitrogen and oxygen atoms in total. The SMILES string of the molecule is CCOC[C@H](CC(=O)[C@H]1C[C@@H](C(=O)O)CN(C(=O)OC(C)(C)C)C1)CC(C)C. The number of Topliss-reactive ketones (excluding diaryl/α,β-unsaturated/α-hetero) is 1. The Bertz CT molecular complexity index is 540. The number of ketones is 1. The summed E-state index contributed by atoms with van der Waals surface area (Å²) < 4.78 is 10.9. The van der Waals surface area contributed by atoms with E-state index in [-0.39, 0.29) is 31.2 Å². The number of carbonyl (C=O) groups is 3. The van der Waals surface area contributed by atoms with E-state index in [1.165, 1.54) is 4.90 Å². The molecule has 0 bridgehead atoms. The van der Waals surface area contributed by atoms with Gasteiger partial charge in [0, 0.05) is 38.6 Å². The maximum atomic E-state index is 12.9. The molecule has 1 heterocycles. The summed E-state index contributed by atoms with van der Waals surface area (Å²) in [6, 6.07) is 0. The number of carboxylic acid groups (broad SMARTS) is 1. The highest BCUT2D eigenvalue weighted by Gasteiger charge is 2.38. The summed E-state index contributed by atoms with van der Waals surface area (Å²) >= 11 is 0. The highest BCUT2D eigenvalue weighted by Crippen LogP contribution is 2.28. The third kappa shape index (κ3) is 8.59. The van der Waals surface area contributed by atoms with Gasteiger partial charge in [-0.1, -0.05) is 13.8 Å². The van der Waals surface area contributed by atoms with Gasteiger partial charge >= 0.3 is 12.1 Å². The molecule has 0 unspecified atom stereocenters. The number of amides is 1. The molecular formula is C21H37NO6. The summed E-state index contributed by atoms with van der Waals surface area (Å²) in [5.41, 5.74) is -0.674. The van der Waals surface area contributed by atoms with Gasteiger partial charge in [-0.25, -0.2) is 4.79 Å². The Hall–Kier alpha value is -1.63.